The van der Waals surface area contributed by atoms with E-state index < -0.39 is 0 Å². The first-order valence-corrected chi connectivity index (χ1v) is 6.86. The summed E-state index contributed by atoms with van der Waals surface area (Å²) in [5.41, 5.74) is 6.00. The Balaban J connectivity index is 1.95. The third-order valence-corrected chi connectivity index (χ3v) is 4.35. The maximum atomic E-state index is 2.61. The molecule has 2 aromatic rings. The van der Waals surface area contributed by atoms with Crippen LogP contribution in [0.4, 0.5) is 5.69 Å². The minimum atomic E-state index is 0.602. The van der Waals surface area contributed by atoms with Crippen LogP contribution in [-0.2, 0) is 6.42 Å². The zero-order valence-corrected chi connectivity index (χ0v) is 10.5. The molecule has 0 saturated carbocycles. The maximum Gasteiger partial charge on any atom is 0.0546 e. The standard InChI is InChI=1S/C17H17N/c1-3-8-15-13(6-1)12-14-7-2-4-9-16(14)18-11-5-10-17(15)18/h1-4,6-9,17H,5,10-12H2. The van der Waals surface area contributed by atoms with Crippen molar-refractivity contribution in [3.8, 4) is 0 Å². The first kappa shape index (κ1) is 10.2. The summed E-state index contributed by atoms with van der Waals surface area (Å²) in [6.45, 7) is 1.20. The molecule has 0 N–H and O–H groups in total. The molecule has 4 rings (SSSR count). The number of fused-ring (bicyclic) bond motifs is 5. The van der Waals surface area contributed by atoms with Crippen molar-refractivity contribution < 1.29 is 0 Å². The minimum Gasteiger partial charge on any atom is -0.364 e. The molecule has 0 bridgehead atoms. The Labute approximate surface area is 108 Å². The summed E-state index contributed by atoms with van der Waals surface area (Å²) < 4.78 is 0. The lowest BCUT2D eigenvalue weighted by Crippen LogP contribution is -2.22. The fourth-order valence-corrected chi connectivity index (χ4v) is 3.54. The van der Waals surface area contributed by atoms with Gasteiger partial charge in [-0.05, 0) is 42.0 Å². The van der Waals surface area contributed by atoms with Crippen molar-refractivity contribution in [1.82, 2.24) is 0 Å². The molecule has 0 aromatic heterocycles. The number of hydrogen-bond donors (Lipinski definition) is 0. The summed E-state index contributed by atoms with van der Waals surface area (Å²) in [6, 6.07) is 18.5. The molecule has 1 unspecified atom stereocenters. The minimum absolute atomic E-state index is 0.602. The van der Waals surface area contributed by atoms with Crippen LogP contribution < -0.4 is 4.90 Å². The van der Waals surface area contributed by atoms with E-state index in [9.17, 15) is 0 Å². The highest BCUT2D eigenvalue weighted by molar-refractivity contribution is 5.60. The van der Waals surface area contributed by atoms with Crippen LogP contribution in [0.15, 0.2) is 48.5 Å². The molecular weight excluding hydrogens is 218 g/mol. The van der Waals surface area contributed by atoms with Gasteiger partial charge in [-0.1, -0.05) is 42.5 Å². The largest absolute Gasteiger partial charge is 0.364 e. The average Bonchev–Trinajstić information content (AvgIpc) is 2.84. The monoisotopic (exact) mass is 235 g/mol. The third kappa shape index (κ3) is 1.40. The molecule has 1 fully saturated rings. The molecule has 1 saturated heterocycles. The van der Waals surface area contributed by atoms with Gasteiger partial charge in [-0.2, -0.15) is 0 Å². The number of benzene rings is 2. The van der Waals surface area contributed by atoms with Crippen LogP contribution in [0.1, 0.15) is 35.6 Å². The van der Waals surface area contributed by atoms with E-state index >= 15 is 0 Å². The van der Waals surface area contributed by atoms with Gasteiger partial charge in [0.15, 0.2) is 0 Å². The van der Waals surface area contributed by atoms with Gasteiger partial charge in [0.05, 0.1) is 6.04 Å². The molecular formula is C17H17N. The Hall–Kier alpha value is -1.76. The second kappa shape index (κ2) is 3.88. The molecule has 0 spiro atoms. The van der Waals surface area contributed by atoms with Crippen LogP contribution in [0.3, 0.4) is 0 Å². The van der Waals surface area contributed by atoms with Crippen LogP contribution in [0.2, 0.25) is 0 Å². The average molecular weight is 235 g/mol. The summed E-state index contributed by atoms with van der Waals surface area (Å²) >= 11 is 0. The van der Waals surface area contributed by atoms with Gasteiger partial charge in [-0.3, -0.25) is 0 Å². The van der Waals surface area contributed by atoms with Crippen LogP contribution in [0.25, 0.3) is 0 Å². The van der Waals surface area contributed by atoms with Gasteiger partial charge in [-0.15, -0.1) is 0 Å². The Morgan fingerprint density at radius 1 is 0.889 bits per heavy atom. The quantitative estimate of drug-likeness (QED) is 0.668. The lowest BCUT2D eigenvalue weighted by atomic mass is 9.96. The van der Waals surface area contributed by atoms with E-state index in [1.165, 1.54) is 36.2 Å². The van der Waals surface area contributed by atoms with Gasteiger partial charge in [-0.25, -0.2) is 0 Å². The smallest absolute Gasteiger partial charge is 0.0546 e. The summed E-state index contributed by atoms with van der Waals surface area (Å²) in [6.07, 6.45) is 3.69. The van der Waals surface area contributed by atoms with Crippen molar-refractivity contribution in [2.75, 3.05) is 11.4 Å². The molecule has 1 heteroatoms. The summed E-state index contributed by atoms with van der Waals surface area (Å²) in [5.74, 6) is 0. The lowest BCUT2D eigenvalue weighted by Gasteiger charge is -2.27. The van der Waals surface area contributed by atoms with Crippen LogP contribution in [0, 0.1) is 0 Å². The van der Waals surface area contributed by atoms with Crippen molar-refractivity contribution in [3.05, 3.63) is 65.2 Å². The zero-order chi connectivity index (χ0) is 11.9. The van der Waals surface area contributed by atoms with Gasteiger partial charge in [0.1, 0.15) is 0 Å². The first-order valence-electron chi connectivity index (χ1n) is 6.86. The van der Waals surface area contributed by atoms with Crippen molar-refractivity contribution in [2.24, 2.45) is 0 Å². The molecule has 0 amide bonds. The number of para-hydroxylation sites is 1. The van der Waals surface area contributed by atoms with E-state index in [0.29, 0.717) is 6.04 Å². The summed E-state index contributed by atoms with van der Waals surface area (Å²) in [5, 5.41) is 0. The van der Waals surface area contributed by atoms with Crippen LogP contribution in [-0.4, -0.2) is 6.54 Å². The fraction of sp³-hybridized carbons (Fsp3) is 0.294. The molecule has 0 aliphatic carbocycles. The van der Waals surface area contributed by atoms with Crippen molar-refractivity contribution >= 4 is 5.69 Å². The highest BCUT2D eigenvalue weighted by Crippen LogP contribution is 2.42. The van der Waals surface area contributed by atoms with E-state index in [1.54, 1.807) is 5.56 Å². The van der Waals surface area contributed by atoms with E-state index in [4.69, 9.17) is 0 Å². The Morgan fingerprint density at radius 3 is 2.61 bits per heavy atom. The molecule has 2 aromatic carbocycles. The lowest BCUT2D eigenvalue weighted by molar-refractivity contribution is 0.719. The van der Waals surface area contributed by atoms with Crippen molar-refractivity contribution in [1.29, 1.82) is 0 Å². The van der Waals surface area contributed by atoms with E-state index in [2.05, 4.69) is 53.4 Å². The zero-order valence-electron chi connectivity index (χ0n) is 10.5. The van der Waals surface area contributed by atoms with Gasteiger partial charge in [0.2, 0.25) is 0 Å². The van der Waals surface area contributed by atoms with Crippen LogP contribution in [0.5, 0.6) is 0 Å². The topological polar surface area (TPSA) is 3.24 Å². The van der Waals surface area contributed by atoms with Crippen molar-refractivity contribution in [3.63, 3.8) is 0 Å². The van der Waals surface area contributed by atoms with E-state index in [0.717, 1.165) is 6.42 Å². The fourth-order valence-electron chi connectivity index (χ4n) is 3.54. The van der Waals surface area contributed by atoms with Gasteiger partial charge >= 0.3 is 0 Å². The molecule has 90 valence electrons. The highest BCUT2D eigenvalue weighted by atomic mass is 15.2. The van der Waals surface area contributed by atoms with E-state index in [1.807, 2.05) is 0 Å². The number of rotatable bonds is 0. The van der Waals surface area contributed by atoms with Gasteiger partial charge in [0, 0.05) is 12.2 Å². The second-order valence-electron chi connectivity index (χ2n) is 5.36. The Kier molecular flexibility index (Phi) is 2.19. The maximum absolute atomic E-state index is 2.61. The summed E-state index contributed by atoms with van der Waals surface area (Å²) in [7, 11) is 0. The Morgan fingerprint density at radius 2 is 1.67 bits per heavy atom. The predicted molar refractivity (Wildman–Crippen MR) is 75.0 cm³/mol. The summed E-state index contributed by atoms with van der Waals surface area (Å²) in [4.78, 5) is 2.61. The Bertz CT molecular complexity index is 536. The second-order valence-corrected chi connectivity index (χ2v) is 5.36. The van der Waals surface area contributed by atoms with Crippen molar-refractivity contribution in [2.45, 2.75) is 25.3 Å². The molecule has 2 aliphatic heterocycles. The molecule has 1 atom stereocenters. The molecule has 18 heavy (non-hydrogen) atoms. The first-order chi connectivity index (χ1) is 8.93. The SMILES string of the molecule is c1ccc2c(c1)Cc1ccccc1N1CCCC21. The van der Waals surface area contributed by atoms with E-state index in [-0.39, 0.29) is 0 Å². The molecule has 0 radical (unpaired) electrons. The van der Waals surface area contributed by atoms with Crippen LogP contribution >= 0.6 is 0 Å². The van der Waals surface area contributed by atoms with Gasteiger partial charge in [0.25, 0.3) is 0 Å². The number of anilines is 1. The number of hydrogen-bond acceptors (Lipinski definition) is 1. The highest BCUT2D eigenvalue weighted by Gasteiger charge is 2.31. The molecule has 2 heterocycles. The molecule has 2 aliphatic rings. The normalized spacial score (nSPS) is 20.9. The molecule has 1 nitrogen and oxygen atoms in total. The number of nitrogens with zero attached hydrogens (tertiary/aromatic N) is 1. The van der Waals surface area contributed by atoms with Gasteiger partial charge < -0.3 is 4.90 Å². The predicted octanol–water partition coefficient (Wildman–Crippen LogP) is 3.93. The third-order valence-electron chi connectivity index (χ3n) is 4.35.